The molecule has 0 atom stereocenters. The zero-order valence-corrected chi connectivity index (χ0v) is 7.96. The van der Waals surface area contributed by atoms with Crippen molar-refractivity contribution in [2.45, 2.75) is 27.2 Å². The summed E-state index contributed by atoms with van der Waals surface area (Å²) in [5.74, 6) is 0.288. The van der Waals surface area contributed by atoms with Gasteiger partial charge in [0.1, 0.15) is 9.84 Å². The fourth-order valence-electron chi connectivity index (χ4n) is 0.812. The van der Waals surface area contributed by atoms with E-state index in [4.69, 9.17) is 0 Å². The molecular weight excluding hydrogens is 148 g/mol. The third-order valence-corrected chi connectivity index (χ3v) is 2.92. The van der Waals surface area contributed by atoms with Gasteiger partial charge in [0.15, 0.2) is 0 Å². The Morgan fingerprint density at radius 2 is 1.70 bits per heavy atom. The van der Waals surface area contributed by atoms with E-state index in [0.717, 1.165) is 6.42 Å². The first-order valence-corrected chi connectivity index (χ1v) is 5.50. The molecule has 0 heterocycles. The van der Waals surface area contributed by atoms with Crippen LogP contribution in [0.3, 0.4) is 0 Å². The Morgan fingerprint density at radius 1 is 1.30 bits per heavy atom. The first kappa shape index (κ1) is 9.95. The van der Waals surface area contributed by atoms with Crippen LogP contribution in [0.4, 0.5) is 0 Å². The van der Waals surface area contributed by atoms with Crippen LogP contribution in [0.15, 0.2) is 0 Å². The van der Waals surface area contributed by atoms with Gasteiger partial charge in [0.25, 0.3) is 0 Å². The number of rotatable bonds is 3. The van der Waals surface area contributed by atoms with E-state index < -0.39 is 9.84 Å². The second-order valence-electron chi connectivity index (χ2n) is 3.59. The predicted octanol–water partition coefficient (Wildman–Crippen LogP) is 1.47. The Morgan fingerprint density at radius 3 is 1.80 bits per heavy atom. The molecule has 2 nitrogen and oxygen atoms in total. The third kappa shape index (κ3) is 4.79. The van der Waals surface area contributed by atoms with Crippen LogP contribution in [0.25, 0.3) is 0 Å². The Labute approximate surface area is 63.6 Å². The van der Waals surface area contributed by atoms with Gasteiger partial charge in [0, 0.05) is 6.26 Å². The highest BCUT2D eigenvalue weighted by molar-refractivity contribution is 7.90. The van der Waals surface area contributed by atoms with E-state index in [9.17, 15) is 8.42 Å². The van der Waals surface area contributed by atoms with Gasteiger partial charge in [0.05, 0.1) is 5.75 Å². The fraction of sp³-hybridized carbons (Fsp3) is 1.00. The van der Waals surface area contributed by atoms with Gasteiger partial charge in [-0.25, -0.2) is 8.42 Å². The molecule has 0 rings (SSSR count). The van der Waals surface area contributed by atoms with Crippen LogP contribution in [-0.2, 0) is 9.84 Å². The summed E-state index contributed by atoms with van der Waals surface area (Å²) in [6.45, 7) is 5.94. The number of hydrogen-bond acceptors (Lipinski definition) is 2. The first-order chi connectivity index (χ1) is 4.27. The Bertz CT molecular complexity index is 190. The molecule has 0 aliphatic heterocycles. The van der Waals surface area contributed by atoms with Crippen LogP contribution in [0.1, 0.15) is 27.2 Å². The van der Waals surface area contributed by atoms with Crippen LogP contribution in [0, 0.1) is 5.41 Å². The highest BCUT2D eigenvalue weighted by Gasteiger charge is 2.20. The van der Waals surface area contributed by atoms with E-state index in [1.807, 2.05) is 20.8 Å². The summed E-state index contributed by atoms with van der Waals surface area (Å²) in [4.78, 5) is 0. The van der Waals surface area contributed by atoms with Crippen molar-refractivity contribution in [2.75, 3.05) is 12.0 Å². The molecule has 0 spiro atoms. The van der Waals surface area contributed by atoms with E-state index in [-0.39, 0.29) is 11.2 Å². The Hall–Kier alpha value is -0.0500. The highest BCUT2D eigenvalue weighted by atomic mass is 32.2. The quantitative estimate of drug-likeness (QED) is 0.633. The molecular formula is C7H16O2S. The normalized spacial score (nSPS) is 13.6. The summed E-state index contributed by atoms with van der Waals surface area (Å²) in [5, 5.41) is 0. The van der Waals surface area contributed by atoms with Crippen LogP contribution < -0.4 is 0 Å². The topological polar surface area (TPSA) is 34.1 Å². The van der Waals surface area contributed by atoms with Crippen LogP contribution in [0.2, 0.25) is 0 Å². The molecule has 0 fully saturated rings. The number of sulfone groups is 1. The largest absolute Gasteiger partial charge is 0.229 e. The average Bonchev–Trinajstić information content (AvgIpc) is 1.60. The molecule has 0 aliphatic rings. The molecule has 3 heteroatoms. The molecule has 0 amide bonds. The highest BCUT2D eigenvalue weighted by Crippen LogP contribution is 2.21. The molecule has 0 radical (unpaired) electrons. The first-order valence-electron chi connectivity index (χ1n) is 3.44. The summed E-state index contributed by atoms with van der Waals surface area (Å²) in [6, 6.07) is 0. The summed E-state index contributed by atoms with van der Waals surface area (Å²) in [7, 11) is -2.79. The minimum absolute atomic E-state index is 0.0619. The smallest absolute Gasteiger partial charge is 0.147 e. The van der Waals surface area contributed by atoms with Crippen LogP contribution >= 0.6 is 0 Å². The summed E-state index contributed by atoms with van der Waals surface area (Å²) >= 11 is 0. The lowest BCUT2D eigenvalue weighted by molar-refractivity contribution is 0.397. The third-order valence-electron chi connectivity index (χ3n) is 1.61. The Balaban J connectivity index is 4.16. The minimum Gasteiger partial charge on any atom is -0.229 e. The fourth-order valence-corrected chi connectivity index (χ4v) is 2.44. The van der Waals surface area contributed by atoms with Crippen LogP contribution in [0.5, 0.6) is 0 Å². The van der Waals surface area contributed by atoms with Crippen molar-refractivity contribution in [3.8, 4) is 0 Å². The van der Waals surface area contributed by atoms with Crippen molar-refractivity contribution in [2.24, 2.45) is 5.41 Å². The van der Waals surface area contributed by atoms with Gasteiger partial charge in [-0.15, -0.1) is 0 Å². The van der Waals surface area contributed by atoms with E-state index >= 15 is 0 Å². The molecule has 0 saturated carbocycles. The molecule has 0 aliphatic carbocycles. The van der Waals surface area contributed by atoms with Gasteiger partial charge in [0.2, 0.25) is 0 Å². The van der Waals surface area contributed by atoms with Gasteiger partial charge in [-0.05, 0) is 5.41 Å². The zero-order chi connectivity index (χ0) is 8.41. The van der Waals surface area contributed by atoms with E-state index in [0.29, 0.717) is 0 Å². The lowest BCUT2D eigenvalue weighted by Crippen LogP contribution is -2.22. The maximum Gasteiger partial charge on any atom is 0.147 e. The lowest BCUT2D eigenvalue weighted by atomic mass is 9.93. The summed E-state index contributed by atoms with van der Waals surface area (Å²) < 4.78 is 21.6. The SMILES string of the molecule is CCC(C)(C)CS(C)(=O)=O. The second kappa shape index (κ2) is 2.91. The van der Waals surface area contributed by atoms with Gasteiger partial charge < -0.3 is 0 Å². The molecule has 0 unspecified atom stereocenters. The predicted molar refractivity (Wildman–Crippen MR) is 43.8 cm³/mol. The minimum atomic E-state index is -2.79. The molecule has 0 saturated heterocycles. The summed E-state index contributed by atoms with van der Waals surface area (Å²) in [5.41, 5.74) is -0.0619. The van der Waals surface area contributed by atoms with Crippen LogP contribution in [-0.4, -0.2) is 20.4 Å². The van der Waals surface area contributed by atoms with E-state index in [2.05, 4.69) is 0 Å². The van der Waals surface area contributed by atoms with Gasteiger partial charge in [-0.3, -0.25) is 0 Å². The zero-order valence-electron chi connectivity index (χ0n) is 7.14. The van der Waals surface area contributed by atoms with Crippen molar-refractivity contribution in [1.29, 1.82) is 0 Å². The van der Waals surface area contributed by atoms with Gasteiger partial charge >= 0.3 is 0 Å². The van der Waals surface area contributed by atoms with Crippen molar-refractivity contribution >= 4 is 9.84 Å². The lowest BCUT2D eigenvalue weighted by Gasteiger charge is -2.20. The van der Waals surface area contributed by atoms with E-state index in [1.165, 1.54) is 6.26 Å². The molecule has 0 bridgehead atoms. The second-order valence-corrected chi connectivity index (χ2v) is 5.73. The average molecular weight is 164 g/mol. The molecule has 0 aromatic heterocycles. The molecule has 62 valence electrons. The maximum absolute atomic E-state index is 10.8. The maximum atomic E-state index is 10.8. The van der Waals surface area contributed by atoms with Gasteiger partial charge in [-0.2, -0.15) is 0 Å². The summed E-state index contributed by atoms with van der Waals surface area (Å²) in [6.07, 6.45) is 2.18. The van der Waals surface area contributed by atoms with Crippen molar-refractivity contribution in [3.05, 3.63) is 0 Å². The Kier molecular flexibility index (Phi) is 2.89. The monoisotopic (exact) mass is 164 g/mol. The van der Waals surface area contributed by atoms with Crippen molar-refractivity contribution in [1.82, 2.24) is 0 Å². The van der Waals surface area contributed by atoms with Crippen molar-refractivity contribution < 1.29 is 8.42 Å². The molecule has 10 heavy (non-hydrogen) atoms. The molecule has 0 N–H and O–H groups in total. The standard InChI is InChI=1S/C7H16O2S/c1-5-7(2,3)6-10(4,8)9/h5-6H2,1-4H3. The van der Waals surface area contributed by atoms with Gasteiger partial charge in [-0.1, -0.05) is 27.2 Å². The molecule has 0 aromatic rings. The van der Waals surface area contributed by atoms with Crippen molar-refractivity contribution in [3.63, 3.8) is 0 Å². The molecule has 0 aromatic carbocycles. The van der Waals surface area contributed by atoms with E-state index in [1.54, 1.807) is 0 Å². The number of hydrogen-bond donors (Lipinski definition) is 0.